The fourth-order valence-corrected chi connectivity index (χ4v) is 3.25. The Balaban J connectivity index is 1.70. The van der Waals surface area contributed by atoms with Crippen LogP contribution in [0.2, 0.25) is 0 Å². The molecule has 0 spiro atoms. The van der Waals surface area contributed by atoms with Crippen LogP contribution in [-0.2, 0) is 16.1 Å². The molecule has 0 fully saturated rings. The summed E-state index contributed by atoms with van der Waals surface area (Å²) in [5.74, 6) is -1.91. The molecule has 2 heterocycles. The topological polar surface area (TPSA) is 117 Å². The predicted octanol–water partition coefficient (Wildman–Crippen LogP) is 3.79. The maximum atomic E-state index is 12.8. The summed E-state index contributed by atoms with van der Waals surface area (Å²) in [5.41, 5.74) is 6.28. The third-order valence-electron chi connectivity index (χ3n) is 4.10. The monoisotopic (exact) mass is 450 g/mol. The van der Waals surface area contributed by atoms with Crippen molar-refractivity contribution in [2.75, 3.05) is 18.1 Å². The van der Waals surface area contributed by atoms with Crippen LogP contribution in [0.25, 0.3) is 10.9 Å². The Hall–Kier alpha value is -3.42. The Kier molecular flexibility index (Phi) is 4.46. The molecule has 1 aromatic carbocycles. The van der Waals surface area contributed by atoms with Gasteiger partial charge in [0.2, 0.25) is 0 Å². The van der Waals surface area contributed by atoms with E-state index < -0.39 is 26.9 Å². The molecule has 0 saturated carbocycles. The third kappa shape index (κ3) is 4.42. The number of nitrogens with one attached hydrogen (secondary N) is 2. The molecule has 162 valence electrons. The van der Waals surface area contributed by atoms with E-state index in [1.807, 2.05) is 0 Å². The van der Waals surface area contributed by atoms with E-state index >= 15 is 0 Å². The van der Waals surface area contributed by atoms with Gasteiger partial charge in [-0.25, -0.2) is 4.98 Å². The first kappa shape index (κ1) is 21.3. The Morgan fingerprint density at radius 2 is 1.77 bits per heavy atom. The van der Waals surface area contributed by atoms with Gasteiger partial charge in [-0.1, -0.05) is 31.6 Å². The summed E-state index contributed by atoms with van der Waals surface area (Å²) in [6, 6.07) is 2.11. The number of aromatic nitrogens is 3. The Morgan fingerprint density at radius 1 is 1.13 bits per heavy atom. The van der Waals surface area contributed by atoms with Crippen LogP contribution in [0.4, 0.5) is 30.9 Å². The first-order valence-electron chi connectivity index (χ1n) is 8.13. The lowest BCUT2D eigenvalue weighted by Gasteiger charge is -2.40. The lowest BCUT2D eigenvalue weighted by atomic mass is 10.2. The highest BCUT2D eigenvalue weighted by Crippen LogP contribution is 3.02. The highest BCUT2D eigenvalue weighted by atomic mass is 32.5. The fraction of sp³-hybridized carbons (Fsp3) is 0.125. The minimum absolute atomic E-state index is 0.120. The van der Waals surface area contributed by atoms with E-state index in [1.54, 1.807) is 0 Å². The average Bonchev–Trinajstić information content (AvgIpc) is 3.12. The summed E-state index contributed by atoms with van der Waals surface area (Å²) in [6.07, 6.45) is 2.61. The van der Waals surface area contributed by atoms with Crippen LogP contribution in [0, 0.1) is 0 Å². The van der Waals surface area contributed by atoms with Crippen LogP contribution in [0.15, 0.2) is 41.6 Å². The molecular formula is C16H15F5N6O2S. The Labute approximate surface area is 166 Å². The molecule has 0 radical (unpaired) electrons. The van der Waals surface area contributed by atoms with Crippen molar-refractivity contribution < 1.29 is 29.0 Å². The zero-order chi connectivity index (χ0) is 22.4. The highest BCUT2D eigenvalue weighted by molar-refractivity contribution is 8.45. The minimum Gasteiger partial charge on any atom is -0.383 e. The van der Waals surface area contributed by atoms with E-state index in [-0.39, 0.29) is 35.7 Å². The van der Waals surface area contributed by atoms with Gasteiger partial charge >= 0.3 is 22.0 Å². The molecule has 3 rings (SSSR count). The number of hydrogen-bond donors (Lipinski definition) is 3. The molecule has 14 heteroatoms. The number of halogens is 5. The molecule has 0 aliphatic rings. The first-order chi connectivity index (χ1) is 13.7. The number of hydrogen-bond acceptors (Lipinski definition) is 5. The smallest absolute Gasteiger partial charge is 0.314 e. The number of benzene rings is 1. The van der Waals surface area contributed by atoms with Crippen molar-refractivity contribution >= 4 is 44.4 Å². The summed E-state index contributed by atoms with van der Waals surface area (Å²) in [6.45, 7) is -0.285. The quantitative estimate of drug-likeness (QED) is 0.413. The molecule has 8 nitrogen and oxygen atoms in total. The van der Waals surface area contributed by atoms with Crippen LogP contribution in [-0.4, -0.2) is 38.9 Å². The SMILES string of the molecule is CN(Cc1ccc(S(F)(F)(F)(F)F)cc1)C(=O)C(=O)Nc1cnc(N)c2cn[nH]c12. The third-order valence-corrected chi connectivity index (χ3v) is 5.26. The molecular weight excluding hydrogens is 435 g/mol. The van der Waals surface area contributed by atoms with Gasteiger partial charge < -0.3 is 16.0 Å². The summed E-state index contributed by atoms with van der Waals surface area (Å²) in [7, 11) is -8.55. The van der Waals surface area contributed by atoms with Crippen molar-refractivity contribution in [1.82, 2.24) is 20.1 Å². The zero-order valence-corrected chi connectivity index (χ0v) is 16.0. The molecule has 0 unspecified atom stereocenters. The largest absolute Gasteiger partial charge is 0.383 e. The van der Waals surface area contributed by atoms with Crippen molar-refractivity contribution in [3.8, 4) is 0 Å². The van der Waals surface area contributed by atoms with Crippen molar-refractivity contribution in [3.05, 3.63) is 42.2 Å². The highest BCUT2D eigenvalue weighted by Gasteiger charge is 2.65. The second-order valence-corrected chi connectivity index (χ2v) is 8.85. The maximum absolute atomic E-state index is 12.8. The number of carbonyl (C=O) groups is 2. The molecule has 2 amide bonds. The van der Waals surface area contributed by atoms with Gasteiger partial charge in [0.25, 0.3) is 0 Å². The molecule has 0 bridgehead atoms. The van der Waals surface area contributed by atoms with E-state index in [1.165, 1.54) is 19.4 Å². The van der Waals surface area contributed by atoms with Crippen LogP contribution >= 0.6 is 10.2 Å². The zero-order valence-electron chi connectivity index (χ0n) is 15.2. The summed E-state index contributed by atoms with van der Waals surface area (Å²) in [5, 5.41) is 9.15. The van der Waals surface area contributed by atoms with Crippen molar-refractivity contribution in [2.24, 2.45) is 0 Å². The molecule has 0 atom stereocenters. The van der Waals surface area contributed by atoms with Gasteiger partial charge in [-0.15, -0.1) is 0 Å². The van der Waals surface area contributed by atoms with E-state index in [0.29, 0.717) is 10.9 Å². The second kappa shape index (κ2) is 6.29. The summed E-state index contributed by atoms with van der Waals surface area (Å²) >= 11 is 0. The summed E-state index contributed by atoms with van der Waals surface area (Å²) in [4.78, 5) is 27.2. The van der Waals surface area contributed by atoms with E-state index in [4.69, 9.17) is 5.73 Å². The van der Waals surface area contributed by atoms with Crippen LogP contribution < -0.4 is 11.1 Å². The van der Waals surface area contributed by atoms with Gasteiger partial charge in [0.05, 0.1) is 29.0 Å². The Morgan fingerprint density at radius 3 is 2.37 bits per heavy atom. The number of aromatic amines is 1. The Bertz CT molecular complexity index is 1150. The van der Waals surface area contributed by atoms with E-state index in [0.717, 1.165) is 17.0 Å². The van der Waals surface area contributed by atoms with E-state index in [9.17, 15) is 29.0 Å². The molecule has 4 N–H and O–H groups in total. The minimum atomic E-state index is -9.78. The number of likely N-dealkylation sites (N-methyl/N-ethyl adjacent to an activating group) is 1. The normalized spacial score (nSPS) is 14.1. The molecule has 0 saturated heterocycles. The van der Waals surface area contributed by atoms with Crippen LogP contribution in [0.3, 0.4) is 0 Å². The molecule has 2 aromatic heterocycles. The van der Waals surface area contributed by atoms with Crippen LogP contribution in [0.5, 0.6) is 0 Å². The fourth-order valence-electron chi connectivity index (χ4n) is 2.60. The van der Waals surface area contributed by atoms with Gasteiger partial charge in [0, 0.05) is 13.6 Å². The number of amides is 2. The number of nitrogens with two attached hydrogens (primary N) is 1. The first-order valence-corrected chi connectivity index (χ1v) is 10.1. The number of pyridine rings is 1. The predicted molar refractivity (Wildman–Crippen MR) is 101 cm³/mol. The van der Waals surface area contributed by atoms with E-state index in [2.05, 4.69) is 20.5 Å². The number of H-pyrrole nitrogens is 1. The number of nitrogens with zero attached hydrogens (tertiary/aromatic N) is 3. The number of rotatable bonds is 4. The second-order valence-electron chi connectivity index (χ2n) is 6.44. The summed E-state index contributed by atoms with van der Waals surface area (Å²) < 4.78 is 63.8. The average molecular weight is 450 g/mol. The molecule has 3 aromatic rings. The van der Waals surface area contributed by atoms with Gasteiger partial charge in [-0.3, -0.25) is 14.7 Å². The standard InChI is InChI=1S/C16H15F5N6O2S/c1-27(8-9-2-4-10(5-3-9)30(17,18,19,20)21)16(29)15(28)25-12-7-23-14(22)11-6-24-26-13(11)12/h2-7H,8H2,1H3,(H2,22,23)(H,24,26)(H,25,28). The lowest BCUT2D eigenvalue weighted by Crippen LogP contribution is -2.36. The molecule has 0 aliphatic carbocycles. The van der Waals surface area contributed by atoms with Gasteiger partial charge in [-0.2, -0.15) is 5.10 Å². The van der Waals surface area contributed by atoms with Crippen LogP contribution in [0.1, 0.15) is 5.56 Å². The maximum Gasteiger partial charge on any atom is 0.314 e. The molecule has 30 heavy (non-hydrogen) atoms. The van der Waals surface area contributed by atoms with Crippen molar-refractivity contribution in [1.29, 1.82) is 0 Å². The van der Waals surface area contributed by atoms with Gasteiger partial charge in [0.15, 0.2) is 0 Å². The van der Waals surface area contributed by atoms with Gasteiger partial charge in [0.1, 0.15) is 10.7 Å². The molecule has 0 aliphatic heterocycles. The lowest BCUT2D eigenvalue weighted by molar-refractivity contribution is -0.142. The van der Waals surface area contributed by atoms with Gasteiger partial charge in [-0.05, 0) is 17.7 Å². The number of fused-ring (bicyclic) bond motifs is 1. The number of carbonyl (C=O) groups excluding carboxylic acids is 2. The van der Waals surface area contributed by atoms with Crippen molar-refractivity contribution in [2.45, 2.75) is 11.4 Å². The number of anilines is 2. The number of nitrogen functional groups attached to an aromatic ring is 1. The van der Waals surface area contributed by atoms with Crippen molar-refractivity contribution in [3.63, 3.8) is 0 Å².